The molecule has 0 radical (unpaired) electrons. The second-order valence-corrected chi connectivity index (χ2v) is 4.83. The van der Waals surface area contributed by atoms with E-state index in [1.807, 2.05) is 25.7 Å². The summed E-state index contributed by atoms with van der Waals surface area (Å²) in [5.74, 6) is -0.987. The first-order valence-corrected chi connectivity index (χ1v) is 6.13. The Hall–Kier alpha value is -0.480. The van der Waals surface area contributed by atoms with Gasteiger partial charge in [-0.25, -0.2) is 8.78 Å². The largest absolute Gasteiger partial charge is 0.297 e. The lowest BCUT2D eigenvalue weighted by Crippen LogP contribution is -2.30. The molecule has 0 N–H and O–H groups in total. The standard InChI is InChI=1S/C12H16BrF2N/c1-4-16(8(2)3)7-9-11(14)6-5-10(13)12(9)15/h5-6,8H,4,7H2,1-3H3. The molecule has 0 aromatic heterocycles. The normalized spacial score (nSPS) is 11.5. The molecular weight excluding hydrogens is 276 g/mol. The molecule has 0 saturated carbocycles. The van der Waals surface area contributed by atoms with E-state index in [-0.39, 0.29) is 11.6 Å². The van der Waals surface area contributed by atoms with Crippen LogP contribution in [-0.4, -0.2) is 17.5 Å². The fourth-order valence-corrected chi connectivity index (χ4v) is 1.95. The Kier molecular flexibility index (Phi) is 4.87. The monoisotopic (exact) mass is 291 g/mol. The highest BCUT2D eigenvalue weighted by atomic mass is 79.9. The van der Waals surface area contributed by atoms with Crippen molar-refractivity contribution in [3.8, 4) is 0 Å². The number of benzene rings is 1. The number of hydrogen-bond acceptors (Lipinski definition) is 1. The third-order valence-corrected chi connectivity index (χ3v) is 3.25. The minimum absolute atomic E-state index is 0.130. The van der Waals surface area contributed by atoms with Crippen LogP contribution in [0.15, 0.2) is 16.6 Å². The van der Waals surface area contributed by atoms with E-state index in [2.05, 4.69) is 15.9 Å². The van der Waals surface area contributed by atoms with Gasteiger partial charge in [-0.3, -0.25) is 4.90 Å². The van der Waals surface area contributed by atoms with Gasteiger partial charge in [0.15, 0.2) is 0 Å². The maximum absolute atomic E-state index is 13.7. The fraction of sp³-hybridized carbons (Fsp3) is 0.500. The molecule has 0 bridgehead atoms. The molecule has 0 unspecified atom stereocenters. The van der Waals surface area contributed by atoms with Crippen molar-refractivity contribution >= 4 is 15.9 Å². The summed E-state index contributed by atoms with van der Waals surface area (Å²) in [7, 11) is 0. The van der Waals surface area contributed by atoms with Crippen molar-refractivity contribution < 1.29 is 8.78 Å². The summed E-state index contributed by atoms with van der Waals surface area (Å²) in [5.41, 5.74) is 0.130. The summed E-state index contributed by atoms with van der Waals surface area (Å²) in [6, 6.07) is 2.94. The summed E-state index contributed by atoms with van der Waals surface area (Å²) in [4.78, 5) is 2.01. The molecule has 0 amide bonds. The molecule has 0 saturated heterocycles. The average Bonchev–Trinajstić information content (AvgIpc) is 2.23. The highest BCUT2D eigenvalue weighted by molar-refractivity contribution is 9.10. The molecule has 4 heteroatoms. The Balaban J connectivity index is 3.00. The molecule has 90 valence electrons. The highest BCUT2D eigenvalue weighted by Crippen LogP contribution is 2.23. The van der Waals surface area contributed by atoms with Crippen molar-refractivity contribution in [2.45, 2.75) is 33.4 Å². The fourth-order valence-electron chi connectivity index (χ4n) is 1.58. The van der Waals surface area contributed by atoms with Crippen LogP contribution >= 0.6 is 15.9 Å². The first-order valence-electron chi connectivity index (χ1n) is 5.33. The number of halogens is 3. The van der Waals surface area contributed by atoms with Crippen molar-refractivity contribution in [3.05, 3.63) is 33.8 Å². The number of rotatable bonds is 4. The van der Waals surface area contributed by atoms with Gasteiger partial charge in [0.2, 0.25) is 0 Å². The van der Waals surface area contributed by atoms with Crippen LogP contribution in [0.5, 0.6) is 0 Å². The van der Waals surface area contributed by atoms with Gasteiger partial charge in [-0.05, 0) is 48.5 Å². The van der Waals surface area contributed by atoms with Gasteiger partial charge in [-0.1, -0.05) is 6.92 Å². The summed E-state index contributed by atoms with van der Waals surface area (Å²) in [6.07, 6.45) is 0. The lowest BCUT2D eigenvalue weighted by molar-refractivity contribution is 0.218. The molecule has 0 spiro atoms. The van der Waals surface area contributed by atoms with E-state index in [0.717, 1.165) is 6.54 Å². The van der Waals surface area contributed by atoms with Crippen molar-refractivity contribution in [1.82, 2.24) is 4.90 Å². The molecule has 1 rings (SSSR count). The van der Waals surface area contributed by atoms with Gasteiger partial charge in [-0.15, -0.1) is 0 Å². The Morgan fingerprint density at radius 2 is 1.94 bits per heavy atom. The topological polar surface area (TPSA) is 3.24 Å². The quantitative estimate of drug-likeness (QED) is 0.759. The average molecular weight is 292 g/mol. The van der Waals surface area contributed by atoms with Gasteiger partial charge in [0, 0.05) is 18.2 Å². The third-order valence-electron chi connectivity index (χ3n) is 2.64. The van der Waals surface area contributed by atoms with Crippen LogP contribution < -0.4 is 0 Å². The van der Waals surface area contributed by atoms with Crippen LogP contribution in [0.4, 0.5) is 8.78 Å². The second-order valence-electron chi connectivity index (χ2n) is 3.98. The third kappa shape index (κ3) is 3.01. The van der Waals surface area contributed by atoms with E-state index in [0.29, 0.717) is 11.0 Å². The van der Waals surface area contributed by atoms with Gasteiger partial charge in [0.25, 0.3) is 0 Å². The molecule has 0 aliphatic rings. The van der Waals surface area contributed by atoms with Gasteiger partial charge in [-0.2, -0.15) is 0 Å². The van der Waals surface area contributed by atoms with Crippen LogP contribution in [0.1, 0.15) is 26.3 Å². The van der Waals surface area contributed by atoms with Gasteiger partial charge in [0.1, 0.15) is 11.6 Å². The molecule has 0 heterocycles. The molecule has 1 nitrogen and oxygen atoms in total. The van der Waals surface area contributed by atoms with Crippen molar-refractivity contribution in [1.29, 1.82) is 0 Å². The minimum atomic E-state index is -0.501. The maximum atomic E-state index is 13.7. The van der Waals surface area contributed by atoms with Crippen LogP contribution in [0.3, 0.4) is 0 Å². The van der Waals surface area contributed by atoms with Gasteiger partial charge in [0.05, 0.1) is 4.47 Å². The van der Waals surface area contributed by atoms with E-state index in [4.69, 9.17) is 0 Å². The Morgan fingerprint density at radius 1 is 1.31 bits per heavy atom. The summed E-state index contributed by atoms with van der Waals surface area (Å²) < 4.78 is 27.5. The van der Waals surface area contributed by atoms with Crippen LogP contribution in [-0.2, 0) is 6.54 Å². The van der Waals surface area contributed by atoms with E-state index in [1.165, 1.54) is 12.1 Å². The van der Waals surface area contributed by atoms with Crippen LogP contribution in [0.2, 0.25) is 0 Å². The summed E-state index contributed by atoms with van der Waals surface area (Å²) >= 11 is 3.07. The molecule has 0 aliphatic heterocycles. The number of hydrogen-bond donors (Lipinski definition) is 0. The van der Waals surface area contributed by atoms with E-state index in [1.54, 1.807) is 0 Å². The van der Waals surface area contributed by atoms with Crippen molar-refractivity contribution in [2.75, 3.05) is 6.54 Å². The molecule has 16 heavy (non-hydrogen) atoms. The SMILES string of the molecule is CCN(Cc1c(F)ccc(Br)c1F)C(C)C. The van der Waals surface area contributed by atoms with Crippen LogP contribution in [0.25, 0.3) is 0 Å². The first kappa shape index (κ1) is 13.6. The molecule has 0 aliphatic carbocycles. The second kappa shape index (κ2) is 5.73. The van der Waals surface area contributed by atoms with Crippen molar-refractivity contribution in [2.24, 2.45) is 0 Å². The molecule has 1 aromatic rings. The molecular formula is C12H16BrF2N. The van der Waals surface area contributed by atoms with E-state index in [9.17, 15) is 8.78 Å². The van der Waals surface area contributed by atoms with Crippen molar-refractivity contribution in [3.63, 3.8) is 0 Å². The zero-order valence-corrected chi connectivity index (χ0v) is 11.3. The molecule has 1 aromatic carbocycles. The van der Waals surface area contributed by atoms with E-state index < -0.39 is 11.6 Å². The summed E-state index contributed by atoms with van der Waals surface area (Å²) in [5, 5.41) is 0. The Labute approximate surface area is 104 Å². The van der Waals surface area contributed by atoms with Gasteiger partial charge >= 0.3 is 0 Å². The molecule has 0 fully saturated rings. The minimum Gasteiger partial charge on any atom is -0.297 e. The predicted molar refractivity (Wildman–Crippen MR) is 65.3 cm³/mol. The highest BCUT2D eigenvalue weighted by Gasteiger charge is 2.16. The lowest BCUT2D eigenvalue weighted by Gasteiger charge is -2.25. The lowest BCUT2D eigenvalue weighted by atomic mass is 10.1. The molecule has 0 atom stereocenters. The Bertz CT molecular complexity index is 366. The predicted octanol–water partition coefficient (Wildman–Crippen LogP) is 3.96. The smallest absolute Gasteiger partial charge is 0.144 e. The summed E-state index contributed by atoms with van der Waals surface area (Å²) in [6.45, 7) is 7.07. The zero-order valence-electron chi connectivity index (χ0n) is 9.73. The maximum Gasteiger partial charge on any atom is 0.144 e. The van der Waals surface area contributed by atoms with E-state index >= 15 is 0 Å². The van der Waals surface area contributed by atoms with Crippen LogP contribution in [0, 0.1) is 11.6 Å². The Morgan fingerprint density at radius 3 is 2.44 bits per heavy atom. The van der Waals surface area contributed by atoms with Gasteiger partial charge < -0.3 is 0 Å². The first-order chi connectivity index (χ1) is 7.47. The number of nitrogens with zero attached hydrogens (tertiary/aromatic N) is 1. The zero-order chi connectivity index (χ0) is 12.3.